The molecule has 0 aliphatic carbocycles. The predicted octanol–water partition coefficient (Wildman–Crippen LogP) is 5.21. The molecule has 192 valence electrons. The summed E-state index contributed by atoms with van der Waals surface area (Å²) < 4.78 is 41.3. The van der Waals surface area contributed by atoms with E-state index in [2.05, 4.69) is 16.0 Å². The van der Waals surface area contributed by atoms with Gasteiger partial charge >= 0.3 is 12.2 Å². The highest BCUT2D eigenvalue weighted by molar-refractivity contribution is 5.75. The molecule has 2 aromatic heterocycles. The number of nitriles is 1. The van der Waals surface area contributed by atoms with Gasteiger partial charge in [-0.3, -0.25) is 4.98 Å². The maximum absolute atomic E-state index is 13.5. The molecule has 0 spiro atoms. The number of urea groups is 1. The van der Waals surface area contributed by atoms with Gasteiger partial charge < -0.3 is 14.4 Å². The minimum Gasteiger partial charge on any atom is -0.325 e. The van der Waals surface area contributed by atoms with Gasteiger partial charge in [0.1, 0.15) is 0 Å². The van der Waals surface area contributed by atoms with Gasteiger partial charge in [0.25, 0.3) is 0 Å². The van der Waals surface area contributed by atoms with Gasteiger partial charge in [0.05, 0.1) is 23.7 Å². The van der Waals surface area contributed by atoms with Crippen LogP contribution in [0.15, 0.2) is 61.3 Å². The first-order valence-corrected chi connectivity index (χ1v) is 12.4. The molecular weight excluding hydrogens is 481 g/mol. The van der Waals surface area contributed by atoms with Crippen LogP contribution in [0.2, 0.25) is 0 Å². The van der Waals surface area contributed by atoms with Gasteiger partial charge in [-0.05, 0) is 49.1 Å². The molecule has 3 aromatic rings. The number of nitrogens with zero attached hydrogens (tertiary/aromatic N) is 6. The van der Waals surface area contributed by atoms with Gasteiger partial charge in [0.2, 0.25) is 0 Å². The number of alkyl halides is 3. The molecule has 10 heteroatoms. The Morgan fingerprint density at radius 1 is 0.973 bits per heavy atom. The van der Waals surface area contributed by atoms with Crippen molar-refractivity contribution in [2.45, 2.75) is 37.3 Å². The summed E-state index contributed by atoms with van der Waals surface area (Å²) in [5.74, 6) is -0.243. The standard InChI is InChI=1S/C27H27F3N6O/c28-27(29,30)23-3-1-20(2-4-23)21-13-22(25-17-36(18-33-25)24-5-9-32-10-6-24)16-35(15-21)26(37)34-11-7-19(14-31)8-12-34/h1-6,9-10,17-19,21-22H,7-8,11-13,15-16H2. The molecule has 2 fully saturated rings. The quantitative estimate of drug-likeness (QED) is 0.486. The third-order valence-corrected chi connectivity index (χ3v) is 7.36. The van der Waals surface area contributed by atoms with Crippen molar-refractivity contribution < 1.29 is 18.0 Å². The van der Waals surface area contributed by atoms with Gasteiger partial charge in [0.15, 0.2) is 0 Å². The SMILES string of the molecule is N#CC1CCN(C(=O)N2CC(c3ccc(C(F)(F)F)cc3)CC(c3cn(-c4ccncc4)cn3)C2)CC1. The van der Waals surface area contributed by atoms with Gasteiger partial charge in [-0.2, -0.15) is 18.4 Å². The summed E-state index contributed by atoms with van der Waals surface area (Å²) in [5, 5.41) is 9.19. The average Bonchev–Trinajstić information content (AvgIpc) is 3.43. The van der Waals surface area contributed by atoms with E-state index in [0.29, 0.717) is 45.4 Å². The van der Waals surface area contributed by atoms with Crippen LogP contribution in [0.4, 0.5) is 18.0 Å². The Labute approximate surface area is 213 Å². The Morgan fingerprint density at radius 2 is 1.65 bits per heavy atom. The Morgan fingerprint density at radius 3 is 2.30 bits per heavy atom. The molecule has 4 heterocycles. The van der Waals surface area contributed by atoms with E-state index in [-0.39, 0.29) is 23.8 Å². The zero-order chi connectivity index (χ0) is 26.0. The summed E-state index contributed by atoms with van der Waals surface area (Å²) in [6, 6.07) is 11.2. The molecule has 37 heavy (non-hydrogen) atoms. The van der Waals surface area contributed by atoms with Crippen molar-refractivity contribution in [2.24, 2.45) is 5.92 Å². The molecule has 2 atom stereocenters. The van der Waals surface area contributed by atoms with E-state index in [0.717, 1.165) is 29.1 Å². The maximum Gasteiger partial charge on any atom is 0.416 e. The number of halogens is 3. The first-order chi connectivity index (χ1) is 17.8. The van der Waals surface area contributed by atoms with Crippen molar-refractivity contribution in [1.82, 2.24) is 24.3 Å². The van der Waals surface area contributed by atoms with Gasteiger partial charge in [-0.15, -0.1) is 0 Å². The number of hydrogen-bond acceptors (Lipinski definition) is 4. The number of piperidine rings is 2. The Bertz CT molecular complexity index is 1260. The summed E-state index contributed by atoms with van der Waals surface area (Å²) in [6.07, 6.45) is 4.64. The van der Waals surface area contributed by atoms with Crippen molar-refractivity contribution in [3.8, 4) is 11.8 Å². The fourth-order valence-electron chi connectivity index (χ4n) is 5.26. The summed E-state index contributed by atoms with van der Waals surface area (Å²) in [7, 11) is 0. The number of amides is 2. The van der Waals surface area contributed by atoms with Crippen LogP contribution in [0.3, 0.4) is 0 Å². The highest BCUT2D eigenvalue weighted by Crippen LogP contribution is 2.37. The molecule has 1 aromatic carbocycles. The number of carbonyl (C=O) groups is 1. The molecule has 7 nitrogen and oxygen atoms in total. The van der Waals surface area contributed by atoms with E-state index in [4.69, 9.17) is 0 Å². The van der Waals surface area contributed by atoms with Gasteiger partial charge in [0, 0.05) is 68.2 Å². The van der Waals surface area contributed by atoms with Crippen molar-refractivity contribution >= 4 is 6.03 Å². The maximum atomic E-state index is 13.5. The number of likely N-dealkylation sites (tertiary alicyclic amines) is 2. The second-order valence-electron chi connectivity index (χ2n) is 9.74. The second kappa shape index (κ2) is 10.2. The predicted molar refractivity (Wildman–Crippen MR) is 130 cm³/mol. The number of hydrogen-bond donors (Lipinski definition) is 0. The lowest BCUT2D eigenvalue weighted by Gasteiger charge is -2.41. The number of imidazole rings is 1. The number of pyridine rings is 1. The fraction of sp³-hybridized carbons (Fsp3) is 0.407. The van der Waals surface area contributed by atoms with Crippen LogP contribution < -0.4 is 0 Å². The normalized spacial score (nSPS) is 21.0. The summed E-state index contributed by atoms with van der Waals surface area (Å²) in [5.41, 5.74) is 1.83. The topological polar surface area (TPSA) is 78.0 Å². The van der Waals surface area contributed by atoms with Gasteiger partial charge in [-0.1, -0.05) is 12.1 Å². The molecule has 2 amide bonds. The lowest BCUT2D eigenvalue weighted by atomic mass is 9.83. The van der Waals surface area contributed by atoms with Crippen molar-refractivity contribution in [2.75, 3.05) is 26.2 Å². The first-order valence-electron chi connectivity index (χ1n) is 12.4. The monoisotopic (exact) mass is 508 g/mol. The van der Waals surface area contributed by atoms with Crippen molar-refractivity contribution in [3.05, 3.63) is 78.1 Å². The molecule has 2 unspecified atom stereocenters. The minimum absolute atomic E-state index is 0.0322. The van der Waals surface area contributed by atoms with Crippen LogP contribution in [0, 0.1) is 17.2 Å². The molecular formula is C27H27F3N6O. The number of rotatable bonds is 3. The van der Waals surface area contributed by atoms with Crippen molar-refractivity contribution in [1.29, 1.82) is 5.26 Å². The number of aromatic nitrogens is 3. The summed E-state index contributed by atoms with van der Waals surface area (Å²) >= 11 is 0. The van der Waals surface area contributed by atoms with E-state index >= 15 is 0 Å². The highest BCUT2D eigenvalue weighted by atomic mass is 19.4. The van der Waals surface area contributed by atoms with Gasteiger partial charge in [-0.25, -0.2) is 9.78 Å². The van der Waals surface area contributed by atoms with Crippen LogP contribution in [-0.2, 0) is 6.18 Å². The summed E-state index contributed by atoms with van der Waals surface area (Å²) in [4.78, 5) is 25.8. The molecule has 2 aliphatic heterocycles. The van der Waals surface area contributed by atoms with Crippen LogP contribution in [-0.4, -0.2) is 56.5 Å². The van der Waals surface area contributed by atoms with Crippen LogP contribution in [0.25, 0.3) is 5.69 Å². The molecule has 0 saturated carbocycles. The third-order valence-electron chi connectivity index (χ3n) is 7.36. The molecule has 2 saturated heterocycles. The average molecular weight is 509 g/mol. The van der Waals surface area contributed by atoms with E-state index in [1.807, 2.05) is 22.9 Å². The number of benzene rings is 1. The van der Waals surface area contributed by atoms with Crippen molar-refractivity contribution in [3.63, 3.8) is 0 Å². The molecule has 0 radical (unpaired) electrons. The van der Waals surface area contributed by atoms with E-state index in [9.17, 15) is 23.2 Å². The zero-order valence-corrected chi connectivity index (χ0v) is 20.2. The zero-order valence-electron chi connectivity index (χ0n) is 20.2. The highest BCUT2D eigenvalue weighted by Gasteiger charge is 2.36. The minimum atomic E-state index is -4.40. The largest absolute Gasteiger partial charge is 0.416 e. The van der Waals surface area contributed by atoms with Crippen LogP contribution >= 0.6 is 0 Å². The lowest BCUT2D eigenvalue weighted by molar-refractivity contribution is -0.137. The molecule has 0 N–H and O–H groups in total. The third kappa shape index (κ3) is 5.45. The Hall–Kier alpha value is -3.87. The van der Waals surface area contributed by atoms with E-state index in [1.165, 1.54) is 12.1 Å². The van der Waals surface area contributed by atoms with Crippen LogP contribution in [0.5, 0.6) is 0 Å². The Balaban J connectivity index is 1.40. The lowest BCUT2D eigenvalue weighted by Crippen LogP contribution is -2.51. The molecule has 5 rings (SSSR count). The van der Waals surface area contributed by atoms with E-state index < -0.39 is 11.7 Å². The van der Waals surface area contributed by atoms with Crippen LogP contribution in [0.1, 0.15) is 47.9 Å². The second-order valence-corrected chi connectivity index (χ2v) is 9.74. The fourth-order valence-corrected chi connectivity index (χ4v) is 5.26. The summed E-state index contributed by atoms with van der Waals surface area (Å²) in [6.45, 7) is 1.95. The Kier molecular flexibility index (Phi) is 6.87. The smallest absolute Gasteiger partial charge is 0.325 e. The first kappa shape index (κ1) is 24.8. The van der Waals surface area contributed by atoms with E-state index in [1.54, 1.807) is 28.5 Å². The number of carbonyl (C=O) groups excluding carboxylic acids is 1. The molecule has 0 bridgehead atoms. The molecule has 2 aliphatic rings.